The third-order valence-electron chi connectivity index (χ3n) is 4.74. The number of H-pyrrole nitrogens is 1. The first-order valence-electron chi connectivity index (χ1n) is 8.93. The highest BCUT2D eigenvalue weighted by molar-refractivity contribution is 6.11. The van der Waals surface area contributed by atoms with Crippen molar-refractivity contribution in [2.24, 2.45) is 10.2 Å². The maximum absolute atomic E-state index is 10.3. The number of aromatic nitrogens is 2. The normalized spacial score (nSPS) is 13.7. The number of rotatable bonds is 3. The summed E-state index contributed by atoms with van der Waals surface area (Å²) in [6.07, 6.45) is 9.44. The summed E-state index contributed by atoms with van der Waals surface area (Å²) in [5.41, 5.74) is 4.52. The molecule has 0 bridgehead atoms. The van der Waals surface area contributed by atoms with Crippen LogP contribution in [0.25, 0.3) is 23.1 Å². The molecule has 134 valence electrons. The van der Waals surface area contributed by atoms with Gasteiger partial charge in [0.1, 0.15) is 0 Å². The lowest BCUT2D eigenvalue weighted by atomic mass is 10.1. The highest BCUT2D eigenvalue weighted by Crippen LogP contribution is 2.27. The molecule has 2 aromatic heterocycles. The second-order valence-corrected chi connectivity index (χ2v) is 6.55. The Balaban J connectivity index is 1.55. The Labute approximate surface area is 160 Å². The summed E-state index contributed by atoms with van der Waals surface area (Å²) in [4.78, 5) is 7.04. The molecular weight excluding hydrogens is 348 g/mol. The topological polar surface area (TPSA) is 73.6 Å². The molecule has 1 aliphatic heterocycles. The molecule has 2 aromatic carbocycles. The molecule has 0 spiro atoms. The van der Waals surface area contributed by atoms with Gasteiger partial charge in [-0.2, -0.15) is 0 Å². The number of pyridine rings is 1. The molecule has 2 N–H and O–H groups in total. The van der Waals surface area contributed by atoms with Gasteiger partial charge in [-0.25, -0.2) is 0 Å². The van der Waals surface area contributed by atoms with E-state index in [1.54, 1.807) is 12.4 Å². The molecule has 5 rings (SSSR count). The monoisotopic (exact) mass is 364 g/mol. The van der Waals surface area contributed by atoms with Crippen molar-refractivity contribution in [3.05, 3.63) is 100 Å². The van der Waals surface area contributed by atoms with E-state index in [4.69, 9.17) is 0 Å². The average molecular weight is 364 g/mol. The number of aromatic hydroxyl groups is 1. The fourth-order valence-electron chi connectivity index (χ4n) is 3.33. The largest absolute Gasteiger partial charge is 0.494 e. The molecule has 0 unspecified atom stereocenters. The van der Waals surface area contributed by atoms with Crippen LogP contribution < -0.4 is 10.6 Å². The molecular formula is C23H16N4O. The molecule has 0 saturated carbocycles. The van der Waals surface area contributed by atoms with E-state index in [2.05, 4.69) is 20.2 Å². The number of hydrogen-bond acceptors (Lipinski definition) is 4. The van der Waals surface area contributed by atoms with Crippen LogP contribution in [0.15, 0.2) is 83.3 Å². The first kappa shape index (κ1) is 16.2. The van der Waals surface area contributed by atoms with Gasteiger partial charge in [-0.15, -0.1) is 10.2 Å². The second-order valence-electron chi connectivity index (χ2n) is 6.55. The van der Waals surface area contributed by atoms with Crippen molar-refractivity contribution >= 4 is 28.8 Å². The number of para-hydroxylation sites is 1. The maximum atomic E-state index is 10.3. The summed E-state index contributed by atoms with van der Waals surface area (Å²) in [5.74, 6) is 0.165. The minimum Gasteiger partial charge on any atom is -0.494 e. The van der Waals surface area contributed by atoms with Gasteiger partial charge in [0, 0.05) is 34.4 Å². The van der Waals surface area contributed by atoms with Gasteiger partial charge >= 0.3 is 0 Å². The van der Waals surface area contributed by atoms with Crippen LogP contribution in [-0.4, -0.2) is 20.8 Å². The van der Waals surface area contributed by atoms with E-state index in [-0.39, 0.29) is 5.88 Å². The van der Waals surface area contributed by atoms with Gasteiger partial charge in [0.2, 0.25) is 0 Å². The van der Waals surface area contributed by atoms with Crippen molar-refractivity contribution in [1.82, 2.24) is 9.97 Å². The highest BCUT2D eigenvalue weighted by Gasteiger charge is 2.10. The Hall–Kier alpha value is -3.99. The minimum absolute atomic E-state index is 0.165. The molecule has 0 atom stereocenters. The summed E-state index contributed by atoms with van der Waals surface area (Å²) in [5, 5.41) is 21.7. The van der Waals surface area contributed by atoms with E-state index < -0.39 is 0 Å². The average Bonchev–Trinajstić information content (AvgIpc) is 3.28. The van der Waals surface area contributed by atoms with Gasteiger partial charge in [0.15, 0.2) is 5.88 Å². The molecule has 0 amide bonds. The van der Waals surface area contributed by atoms with Crippen LogP contribution in [-0.2, 0) is 0 Å². The zero-order valence-electron chi connectivity index (χ0n) is 14.9. The predicted molar refractivity (Wildman–Crippen MR) is 111 cm³/mol. The predicted octanol–water partition coefficient (Wildman–Crippen LogP) is 3.15. The van der Waals surface area contributed by atoms with Crippen LogP contribution in [0, 0.1) is 0 Å². The van der Waals surface area contributed by atoms with Gasteiger partial charge in [-0.1, -0.05) is 30.3 Å². The molecule has 5 heteroatoms. The van der Waals surface area contributed by atoms with Crippen LogP contribution in [0.1, 0.15) is 16.7 Å². The SMILES string of the molecule is Oc1[nH]c2ccccc2c1C=c1ccc2c(c1)C(C=Cc1ccncc1)=NN=2. The van der Waals surface area contributed by atoms with Crippen LogP contribution >= 0.6 is 0 Å². The lowest BCUT2D eigenvalue weighted by Gasteiger charge is -1.97. The zero-order valence-corrected chi connectivity index (χ0v) is 14.9. The summed E-state index contributed by atoms with van der Waals surface area (Å²) in [6.45, 7) is 0. The Bertz CT molecular complexity index is 1370. The molecule has 0 aliphatic carbocycles. The molecule has 3 heterocycles. The Morgan fingerprint density at radius 1 is 0.893 bits per heavy atom. The van der Waals surface area contributed by atoms with Crippen molar-refractivity contribution in [3.63, 3.8) is 0 Å². The van der Waals surface area contributed by atoms with Gasteiger partial charge < -0.3 is 10.1 Å². The number of allylic oxidation sites excluding steroid dienone is 1. The minimum atomic E-state index is 0.165. The Morgan fingerprint density at radius 2 is 1.75 bits per heavy atom. The van der Waals surface area contributed by atoms with Gasteiger partial charge in [0.05, 0.1) is 11.1 Å². The summed E-state index contributed by atoms with van der Waals surface area (Å²) in [6, 6.07) is 17.7. The standard InChI is InChI=1S/C23H16N4O/c28-23-18(17-3-1-2-4-20(17)25-23)13-16-6-8-22-19(14-16)21(26-27-22)7-5-15-9-11-24-12-10-15/h1-14,25,28H. The molecule has 0 fully saturated rings. The van der Waals surface area contributed by atoms with E-state index >= 15 is 0 Å². The zero-order chi connectivity index (χ0) is 18.9. The number of aromatic amines is 1. The quantitative estimate of drug-likeness (QED) is 0.586. The van der Waals surface area contributed by atoms with Crippen molar-refractivity contribution in [1.29, 1.82) is 0 Å². The van der Waals surface area contributed by atoms with Crippen molar-refractivity contribution in [2.45, 2.75) is 0 Å². The molecule has 0 radical (unpaired) electrons. The van der Waals surface area contributed by atoms with E-state index in [0.717, 1.165) is 43.9 Å². The van der Waals surface area contributed by atoms with Crippen molar-refractivity contribution in [2.75, 3.05) is 0 Å². The lowest BCUT2D eigenvalue weighted by Crippen LogP contribution is -2.15. The first-order chi connectivity index (χ1) is 13.8. The maximum Gasteiger partial charge on any atom is 0.196 e. The number of benzene rings is 2. The summed E-state index contributed by atoms with van der Waals surface area (Å²) < 4.78 is 0. The first-order valence-corrected chi connectivity index (χ1v) is 8.93. The van der Waals surface area contributed by atoms with Gasteiger partial charge in [0.25, 0.3) is 0 Å². The van der Waals surface area contributed by atoms with Crippen molar-refractivity contribution in [3.8, 4) is 5.88 Å². The molecule has 0 saturated heterocycles. The third kappa shape index (κ3) is 2.89. The van der Waals surface area contributed by atoms with Crippen LogP contribution in [0.3, 0.4) is 0 Å². The van der Waals surface area contributed by atoms with E-state index in [1.165, 1.54) is 0 Å². The Kier molecular flexibility index (Phi) is 3.84. The second kappa shape index (κ2) is 6.63. The summed E-state index contributed by atoms with van der Waals surface area (Å²) >= 11 is 0. The fourth-order valence-corrected chi connectivity index (χ4v) is 3.33. The number of nitrogens with zero attached hydrogens (tertiary/aromatic N) is 3. The Morgan fingerprint density at radius 3 is 2.64 bits per heavy atom. The van der Waals surface area contributed by atoms with Gasteiger partial charge in [-0.3, -0.25) is 4.98 Å². The smallest absolute Gasteiger partial charge is 0.196 e. The number of fused-ring (bicyclic) bond motifs is 2. The molecule has 5 nitrogen and oxygen atoms in total. The summed E-state index contributed by atoms with van der Waals surface area (Å²) in [7, 11) is 0. The fraction of sp³-hybridized carbons (Fsp3) is 0. The molecule has 28 heavy (non-hydrogen) atoms. The van der Waals surface area contributed by atoms with E-state index in [0.29, 0.717) is 0 Å². The van der Waals surface area contributed by atoms with Crippen molar-refractivity contribution < 1.29 is 5.11 Å². The molecule has 4 aromatic rings. The van der Waals surface area contributed by atoms with Crippen LogP contribution in [0.4, 0.5) is 0 Å². The lowest BCUT2D eigenvalue weighted by molar-refractivity contribution is 0.457. The van der Waals surface area contributed by atoms with E-state index in [9.17, 15) is 5.11 Å². The van der Waals surface area contributed by atoms with Crippen LogP contribution in [0.2, 0.25) is 0 Å². The van der Waals surface area contributed by atoms with Gasteiger partial charge in [-0.05, 0) is 53.3 Å². The van der Waals surface area contributed by atoms with Crippen LogP contribution in [0.5, 0.6) is 5.88 Å². The number of nitrogens with one attached hydrogen (secondary N) is 1. The highest BCUT2D eigenvalue weighted by atomic mass is 16.3. The number of hydrogen-bond donors (Lipinski definition) is 2. The third-order valence-corrected chi connectivity index (χ3v) is 4.74. The molecule has 1 aliphatic rings. The van der Waals surface area contributed by atoms with E-state index in [1.807, 2.05) is 72.8 Å².